The van der Waals surface area contributed by atoms with Gasteiger partial charge in [0.2, 0.25) is 0 Å². The molecule has 3 heteroatoms. The first-order valence-electron chi connectivity index (χ1n) is 5.56. The lowest BCUT2D eigenvalue weighted by Gasteiger charge is -2.21. The van der Waals surface area contributed by atoms with Crippen LogP contribution in [0.2, 0.25) is 0 Å². The summed E-state index contributed by atoms with van der Waals surface area (Å²) < 4.78 is 1.13. The predicted octanol–water partition coefficient (Wildman–Crippen LogP) is 3.84. The van der Waals surface area contributed by atoms with Crippen LogP contribution in [0.1, 0.15) is 13.8 Å². The number of halogens is 1. The molecule has 0 aliphatic heterocycles. The van der Waals surface area contributed by atoms with Gasteiger partial charge < -0.3 is 4.90 Å². The van der Waals surface area contributed by atoms with E-state index in [-0.39, 0.29) is 0 Å². The number of rotatable bonds is 3. The van der Waals surface area contributed by atoms with E-state index in [2.05, 4.69) is 57.9 Å². The Labute approximate surface area is 104 Å². The van der Waals surface area contributed by atoms with Gasteiger partial charge in [-0.2, -0.15) is 0 Å². The van der Waals surface area contributed by atoms with E-state index in [0.717, 1.165) is 23.4 Å². The van der Waals surface area contributed by atoms with Crippen LogP contribution in [0.3, 0.4) is 0 Å². The van der Waals surface area contributed by atoms with Gasteiger partial charge in [0, 0.05) is 34.5 Å². The molecular formula is C13H15BrN2. The molecule has 2 nitrogen and oxygen atoms in total. The van der Waals surface area contributed by atoms with Crippen molar-refractivity contribution in [2.24, 2.45) is 0 Å². The fraction of sp³-hybridized carbons (Fsp3) is 0.308. The molecule has 16 heavy (non-hydrogen) atoms. The molecule has 0 saturated carbocycles. The van der Waals surface area contributed by atoms with Crippen molar-refractivity contribution < 1.29 is 0 Å². The van der Waals surface area contributed by atoms with Crippen molar-refractivity contribution >= 4 is 32.5 Å². The first kappa shape index (κ1) is 11.4. The molecule has 0 unspecified atom stereocenters. The number of fused-ring (bicyclic) bond motifs is 1. The van der Waals surface area contributed by atoms with Crippen LogP contribution in [0.25, 0.3) is 10.8 Å². The van der Waals surface area contributed by atoms with Gasteiger partial charge in [-0.05, 0) is 26.0 Å². The van der Waals surface area contributed by atoms with Gasteiger partial charge in [-0.15, -0.1) is 0 Å². The van der Waals surface area contributed by atoms with Crippen molar-refractivity contribution in [2.75, 3.05) is 18.0 Å². The van der Waals surface area contributed by atoms with Crippen molar-refractivity contribution in [3.05, 3.63) is 34.9 Å². The minimum Gasteiger partial charge on any atom is -0.357 e. The first-order chi connectivity index (χ1) is 7.77. The monoisotopic (exact) mass is 278 g/mol. The Morgan fingerprint density at radius 1 is 1.12 bits per heavy atom. The van der Waals surface area contributed by atoms with E-state index in [1.807, 2.05) is 12.3 Å². The summed E-state index contributed by atoms with van der Waals surface area (Å²) in [6, 6.07) is 8.29. The van der Waals surface area contributed by atoms with Crippen LogP contribution in [0.4, 0.5) is 5.82 Å². The molecule has 1 aromatic carbocycles. The second-order valence-electron chi connectivity index (χ2n) is 3.64. The Morgan fingerprint density at radius 3 is 2.56 bits per heavy atom. The van der Waals surface area contributed by atoms with Gasteiger partial charge in [0.15, 0.2) is 0 Å². The van der Waals surface area contributed by atoms with Gasteiger partial charge in [0.05, 0.1) is 0 Å². The lowest BCUT2D eigenvalue weighted by molar-refractivity contribution is 0.852. The summed E-state index contributed by atoms with van der Waals surface area (Å²) in [5.41, 5.74) is 0. The second kappa shape index (κ2) is 4.83. The number of nitrogens with zero attached hydrogens (tertiary/aromatic N) is 2. The summed E-state index contributed by atoms with van der Waals surface area (Å²) in [6.45, 7) is 6.27. The third kappa shape index (κ3) is 1.92. The van der Waals surface area contributed by atoms with E-state index >= 15 is 0 Å². The molecule has 2 rings (SSSR count). The Kier molecular flexibility index (Phi) is 3.44. The van der Waals surface area contributed by atoms with Gasteiger partial charge in [-0.3, -0.25) is 0 Å². The molecule has 1 aromatic heterocycles. The molecule has 0 atom stereocenters. The lowest BCUT2D eigenvalue weighted by Crippen LogP contribution is -2.23. The predicted molar refractivity (Wildman–Crippen MR) is 73.0 cm³/mol. The van der Waals surface area contributed by atoms with E-state index in [9.17, 15) is 0 Å². The van der Waals surface area contributed by atoms with Gasteiger partial charge in [0.1, 0.15) is 5.82 Å². The Balaban J connectivity index is 2.66. The Bertz CT molecular complexity index is 492. The third-order valence-electron chi connectivity index (χ3n) is 2.79. The van der Waals surface area contributed by atoms with E-state index in [0.29, 0.717) is 0 Å². The second-order valence-corrected chi connectivity index (χ2v) is 4.50. The maximum Gasteiger partial charge on any atom is 0.136 e. The minimum absolute atomic E-state index is 0.981. The lowest BCUT2D eigenvalue weighted by atomic mass is 10.1. The molecule has 2 aromatic rings. The molecule has 0 radical (unpaired) electrons. The van der Waals surface area contributed by atoms with Crippen molar-refractivity contribution in [3.8, 4) is 0 Å². The Hall–Kier alpha value is -1.09. The van der Waals surface area contributed by atoms with Crippen molar-refractivity contribution in [3.63, 3.8) is 0 Å². The number of hydrogen-bond donors (Lipinski definition) is 0. The van der Waals surface area contributed by atoms with Crippen LogP contribution >= 0.6 is 15.9 Å². The summed E-state index contributed by atoms with van der Waals surface area (Å²) in [4.78, 5) is 6.77. The number of anilines is 1. The normalized spacial score (nSPS) is 10.7. The SMILES string of the molecule is CCN(CC)c1nccc2c(Br)cccc12. The summed E-state index contributed by atoms with van der Waals surface area (Å²) in [5, 5.41) is 2.43. The molecule has 0 fully saturated rings. The summed E-state index contributed by atoms with van der Waals surface area (Å²) in [6.07, 6.45) is 1.88. The average Bonchev–Trinajstić information content (AvgIpc) is 2.32. The van der Waals surface area contributed by atoms with Crippen LogP contribution in [0.15, 0.2) is 34.9 Å². The van der Waals surface area contributed by atoms with Crippen molar-refractivity contribution in [1.82, 2.24) is 4.98 Å². The standard InChI is InChI=1S/C13H15BrN2/c1-3-16(4-2)13-11-6-5-7-12(14)10(11)8-9-15-13/h5-9H,3-4H2,1-2H3. The highest BCUT2D eigenvalue weighted by Gasteiger charge is 2.09. The zero-order valence-corrected chi connectivity index (χ0v) is 11.2. The molecule has 0 N–H and O–H groups in total. The summed E-state index contributed by atoms with van der Waals surface area (Å²) >= 11 is 3.58. The van der Waals surface area contributed by atoms with Crippen LogP contribution in [-0.2, 0) is 0 Å². The van der Waals surface area contributed by atoms with Crippen LogP contribution in [0.5, 0.6) is 0 Å². The van der Waals surface area contributed by atoms with Crippen LogP contribution in [0, 0.1) is 0 Å². The molecule has 0 saturated heterocycles. The molecular weight excluding hydrogens is 264 g/mol. The average molecular weight is 279 g/mol. The third-order valence-corrected chi connectivity index (χ3v) is 3.49. The maximum absolute atomic E-state index is 4.50. The largest absolute Gasteiger partial charge is 0.357 e. The van der Waals surface area contributed by atoms with Crippen molar-refractivity contribution in [2.45, 2.75) is 13.8 Å². The zero-order chi connectivity index (χ0) is 11.5. The molecule has 1 heterocycles. The highest BCUT2D eigenvalue weighted by atomic mass is 79.9. The van der Waals surface area contributed by atoms with E-state index in [4.69, 9.17) is 0 Å². The van der Waals surface area contributed by atoms with Gasteiger partial charge in [-0.25, -0.2) is 4.98 Å². The number of aromatic nitrogens is 1. The summed E-state index contributed by atoms with van der Waals surface area (Å²) in [5.74, 6) is 1.07. The number of benzene rings is 1. The van der Waals surface area contributed by atoms with Gasteiger partial charge in [-0.1, -0.05) is 28.1 Å². The zero-order valence-electron chi connectivity index (χ0n) is 9.57. The van der Waals surface area contributed by atoms with Crippen LogP contribution in [-0.4, -0.2) is 18.1 Å². The minimum atomic E-state index is 0.981. The van der Waals surface area contributed by atoms with E-state index in [1.165, 1.54) is 10.8 Å². The molecule has 0 bridgehead atoms. The fourth-order valence-corrected chi connectivity index (χ4v) is 2.43. The topological polar surface area (TPSA) is 16.1 Å². The molecule has 0 aliphatic carbocycles. The highest BCUT2D eigenvalue weighted by molar-refractivity contribution is 9.10. The highest BCUT2D eigenvalue weighted by Crippen LogP contribution is 2.29. The smallest absolute Gasteiger partial charge is 0.136 e. The molecule has 0 spiro atoms. The first-order valence-corrected chi connectivity index (χ1v) is 6.35. The fourth-order valence-electron chi connectivity index (χ4n) is 1.93. The summed E-state index contributed by atoms with van der Waals surface area (Å²) in [7, 11) is 0. The van der Waals surface area contributed by atoms with E-state index in [1.54, 1.807) is 0 Å². The number of pyridine rings is 1. The Morgan fingerprint density at radius 2 is 1.88 bits per heavy atom. The van der Waals surface area contributed by atoms with Gasteiger partial charge in [0.25, 0.3) is 0 Å². The van der Waals surface area contributed by atoms with Crippen molar-refractivity contribution in [1.29, 1.82) is 0 Å². The van der Waals surface area contributed by atoms with E-state index < -0.39 is 0 Å². The molecule has 0 amide bonds. The maximum atomic E-state index is 4.50. The molecule has 0 aliphatic rings. The number of hydrogen-bond acceptors (Lipinski definition) is 2. The van der Waals surface area contributed by atoms with Crippen LogP contribution < -0.4 is 4.90 Å². The molecule has 84 valence electrons. The van der Waals surface area contributed by atoms with Gasteiger partial charge >= 0.3 is 0 Å². The quantitative estimate of drug-likeness (QED) is 0.848.